The molecule has 1 heterocycles. The van der Waals surface area contributed by atoms with Gasteiger partial charge in [0, 0.05) is 12.7 Å². The van der Waals surface area contributed by atoms with Crippen molar-refractivity contribution in [2.24, 2.45) is 0 Å². The summed E-state index contributed by atoms with van der Waals surface area (Å²) in [5.41, 5.74) is -1.84. The van der Waals surface area contributed by atoms with Gasteiger partial charge in [0.1, 0.15) is 5.82 Å². The van der Waals surface area contributed by atoms with Gasteiger partial charge in [-0.3, -0.25) is 4.98 Å². The molecule has 4 nitrogen and oxygen atoms in total. The molecular formula is C27H21ClF4N2O2S. The van der Waals surface area contributed by atoms with Gasteiger partial charge >= 0.3 is 6.18 Å². The minimum atomic E-state index is -4.83. The summed E-state index contributed by atoms with van der Waals surface area (Å²) in [6.45, 7) is -0.429. The summed E-state index contributed by atoms with van der Waals surface area (Å²) in [6, 6.07) is 21.8. The summed E-state index contributed by atoms with van der Waals surface area (Å²) in [6.07, 6.45) is -3.53. The number of halogens is 5. The molecule has 1 unspecified atom stereocenters. The average Bonchev–Trinajstić information content (AvgIpc) is 2.85. The van der Waals surface area contributed by atoms with Crippen LogP contribution in [0, 0.1) is 5.82 Å². The van der Waals surface area contributed by atoms with Crippen molar-refractivity contribution in [2.45, 2.75) is 17.3 Å². The van der Waals surface area contributed by atoms with Crippen molar-refractivity contribution >= 4 is 21.6 Å². The van der Waals surface area contributed by atoms with Crippen LogP contribution in [-0.4, -0.2) is 19.9 Å². The van der Waals surface area contributed by atoms with Crippen molar-refractivity contribution in [3.05, 3.63) is 136 Å². The van der Waals surface area contributed by atoms with Crippen LogP contribution in [0.4, 0.5) is 17.6 Å². The van der Waals surface area contributed by atoms with E-state index in [1.807, 2.05) is 0 Å². The van der Waals surface area contributed by atoms with E-state index in [1.165, 1.54) is 18.3 Å². The molecule has 0 aliphatic heterocycles. The fourth-order valence-corrected chi connectivity index (χ4v) is 5.45. The lowest BCUT2D eigenvalue weighted by Crippen LogP contribution is -2.43. The Morgan fingerprint density at radius 3 is 2.03 bits per heavy atom. The number of rotatable bonds is 8. The minimum Gasteiger partial charge on any atom is -0.258 e. The van der Waals surface area contributed by atoms with Gasteiger partial charge in [-0.1, -0.05) is 72.3 Å². The fourth-order valence-electron chi connectivity index (χ4n) is 4.17. The van der Waals surface area contributed by atoms with Crippen molar-refractivity contribution in [3.8, 4) is 0 Å². The van der Waals surface area contributed by atoms with Crippen molar-refractivity contribution in [3.63, 3.8) is 0 Å². The van der Waals surface area contributed by atoms with Gasteiger partial charge in [0.25, 0.3) is 0 Å². The third-order valence-electron chi connectivity index (χ3n) is 5.91. The van der Waals surface area contributed by atoms with Crippen LogP contribution in [0.1, 0.15) is 27.9 Å². The third-order valence-corrected chi connectivity index (χ3v) is 7.43. The van der Waals surface area contributed by atoms with E-state index in [0.717, 1.165) is 12.1 Å². The minimum absolute atomic E-state index is 0.122. The number of nitrogens with zero attached hydrogens (tertiary/aromatic N) is 1. The molecule has 0 bridgehead atoms. The molecule has 0 aliphatic carbocycles. The van der Waals surface area contributed by atoms with Crippen LogP contribution in [0.15, 0.2) is 97.2 Å². The molecule has 0 fully saturated rings. The van der Waals surface area contributed by atoms with Crippen molar-refractivity contribution < 1.29 is 26.0 Å². The maximum Gasteiger partial charge on any atom is 0.416 e. The maximum atomic E-state index is 14.7. The molecule has 0 amide bonds. The highest BCUT2D eigenvalue weighted by Crippen LogP contribution is 2.41. The van der Waals surface area contributed by atoms with Gasteiger partial charge in [-0.15, -0.1) is 0 Å². The maximum absolute atomic E-state index is 14.7. The van der Waals surface area contributed by atoms with E-state index in [2.05, 4.69) is 9.71 Å². The first-order chi connectivity index (χ1) is 17.5. The van der Waals surface area contributed by atoms with Gasteiger partial charge in [-0.25, -0.2) is 17.5 Å². The van der Waals surface area contributed by atoms with E-state index in [4.69, 9.17) is 11.6 Å². The second-order valence-corrected chi connectivity index (χ2v) is 10.7. The lowest BCUT2D eigenvalue weighted by Gasteiger charge is -2.35. The van der Waals surface area contributed by atoms with Crippen LogP contribution in [0.3, 0.4) is 0 Å². The average molecular weight is 549 g/mol. The standard InChI is InChI=1S/C27H21ClF4N2O2S/c28-23-11-12-25(33-16-23)26(20-9-5-2-6-10-20,21-13-22(27(30,31)32)15-24(29)14-21)18-34-37(35,36)17-19-7-3-1-4-8-19/h1-16,34H,17-18H2. The highest BCUT2D eigenvalue weighted by atomic mass is 35.5. The third kappa shape index (κ3) is 6.18. The largest absolute Gasteiger partial charge is 0.416 e. The Hall–Kier alpha value is -3.27. The first-order valence-electron chi connectivity index (χ1n) is 11.1. The van der Waals surface area contributed by atoms with E-state index in [-0.39, 0.29) is 22.0 Å². The summed E-state index contributed by atoms with van der Waals surface area (Å²) >= 11 is 6.02. The number of benzene rings is 3. The highest BCUT2D eigenvalue weighted by Gasteiger charge is 2.41. The second-order valence-electron chi connectivity index (χ2n) is 8.43. The Labute approximate surface area is 217 Å². The van der Waals surface area contributed by atoms with Gasteiger partial charge in [-0.2, -0.15) is 13.2 Å². The zero-order valence-electron chi connectivity index (χ0n) is 19.2. The molecule has 1 atom stereocenters. The molecule has 0 saturated carbocycles. The Kier molecular flexibility index (Phi) is 7.68. The number of aromatic nitrogens is 1. The first kappa shape index (κ1) is 26.8. The summed E-state index contributed by atoms with van der Waals surface area (Å²) in [5, 5.41) is 0.269. The summed E-state index contributed by atoms with van der Waals surface area (Å²) in [5.74, 6) is -1.48. The Morgan fingerprint density at radius 2 is 1.43 bits per heavy atom. The van der Waals surface area contributed by atoms with Crippen LogP contribution in [-0.2, 0) is 27.4 Å². The number of sulfonamides is 1. The molecule has 4 rings (SSSR count). The lowest BCUT2D eigenvalue weighted by atomic mass is 9.71. The number of nitrogens with one attached hydrogen (secondary N) is 1. The zero-order valence-corrected chi connectivity index (χ0v) is 20.8. The van der Waals surface area contributed by atoms with Crippen LogP contribution in [0.5, 0.6) is 0 Å². The van der Waals surface area contributed by atoms with Gasteiger partial charge in [-0.05, 0) is 47.0 Å². The monoisotopic (exact) mass is 548 g/mol. The smallest absolute Gasteiger partial charge is 0.258 e. The summed E-state index contributed by atoms with van der Waals surface area (Å²) in [7, 11) is -3.97. The molecule has 37 heavy (non-hydrogen) atoms. The normalized spacial score (nSPS) is 13.8. The predicted molar refractivity (Wildman–Crippen MR) is 134 cm³/mol. The molecular weight excluding hydrogens is 528 g/mol. The SMILES string of the molecule is O=S(=O)(Cc1ccccc1)NCC(c1ccccc1)(c1cc(F)cc(C(F)(F)F)c1)c1ccc(Cl)cn1. The Bertz CT molecular complexity index is 1470. The van der Waals surface area contributed by atoms with Gasteiger partial charge < -0.3 is 0 Å². The van der Waals surface area contributed by atoms with Gasteiger partial charge in [0.15, 0.2) is 0 Å². The van der Waals surface area contributed by atoms with Crippen molar-refractivity contribution in [2.75, 3.05) is 6.54 Å². The second kappa shape index (κ2) is 10.6. The van der Waals surface area contributed by atoms with E-state index in [0.29, 0.717) is 17.2 Å². The van der Waals surface area contributed by atoms with E-state index in [1.54, 1.807) is 60.7 Å². The zero-order chi connectivity index (χ0) is 26.7. The molecule has 0 radical (unpaired) electrons. The molecule has 3 aromatic carbocycles. The number of alkyl halides is 3. The highest BCUT2D eigenvalue weighted by molar-refractivity contribution is 7.88. The number of hydrogen-bond acceptors (Lipinski definition) is 3. The quantitative estimate of drug-likeness (QED) is 0.261. The van der Waals surface area contributed by atoms with Crippen LogP contribution >= 0.6 is 11.6 Å². The fraction of sp³-hybridized carbons (Fsp3) is 0.148. The molecule has 0 aliphatic rings. The molecule has 192 valence electrons. The Balaban J connectivity index is 1.92. The van der Waals surface area contributed by atoms with Gasteiger partial charge in [0.05, 0.1) is 27.4 Å². The van der Waals surface area contributed by atoms with Crippen LogP contribution in [0.2, 0.25) is 5.02 Å². The van der Waals surface area contributed by atoms with Crippen molar-refractivity contribution in [1.29, 1.82) is 0 Å². The summed E-state index contributed by atoms with van der Waals surface area (Å²) < 4.78 is 84.5. The predicted octanol–water partition coefficient (Wildman–Crippen LogP) is 6.35. The first-order valence-corrected chi connectivity index (χ1v) is 13.1. The van der Waals surface area contributed by atoms with Crippen molar-refractivity contribution in [1.82, 2.24) is 9.71 Å². The topological polar surface area (TPSA) is 59.1 Å². The number of hydrogen-bond donors (Lipinski definition) is 1. The van der Waals surface area contributed by atoms with Crippen LogP contribution < -0.4 is 4.72 Å². The lowest BCUT2D eigenvalue weighted by molar-refractivity contribution is -0.137. The molecule has 1 N–H and O–H groups in total. The molecule has 10 heteroatoms. The number of pyridine rings is 1. The van der Waals surface area contributed by atoms with E-state index in [9.17, 15) is 26.0 Å². The van der Waals surface area contributed by atoms with E-state index < -0.39 is 39.5 Å². The van der Waals surface area contributed by atoms with Crippen LogP contribution in [0.25, 0.3) is 0 Å². The molecule has 0 saturated heterocycles. The van der Waals surface area contributed by atoms with Gasteiger partial charge in [0.2, 0.25) is 10.0 Å². The summed E-state index contributed by atoms with van der Waals surface area (Å²) in [4.78, 5) is 4.34. The molecule has 1 aromatic heterocycles. The Morgan fingerprint density at radius 1 is 0.811 bits per heavy atom. The molecule has 4 aromatic rings. The molecule has 0 spiro atoms. The van der Waals surface area contributed by atoms with E-state index >= 15 is 0 Å².